The van der Waals surface area contributed by atoms with Crippen LogP contribution < -0.4 is 5.73 Å². The lowest BCUT2D eigenvalue weighted by Gasteiger charge is -2.34. The molecule has 1 aliphatic rings. The van der Waals surface area contributed by atoms with Crippen molar-refractivity contribution in [3.63, 3.8) is 0 Å². The molecule has 0 amide bonds. The highest BCUT2D eigenvalue weighted by Gasteiger charge is 2.27. The number of piperidine rings is 1. The van der Waals surface area contributed by atoms with Crippen LogP contribution in [0.2, 0.25) is 0 Å². The first-order valence-electron chi connectivity index (χ1n) is 6.01. The third-order valence-electron chi connectivity index (χ3n) is 3.13. The van der Waals surface area contributed by atoms with Crippen molar-refractivity contribution in [1.82, 2.24) is 4.90 Å². The molecule has 0 aromatic rings. The number of alkyl halides is 3. The van der Waals surface area contributed by atoms with E-state index >= 15 is 0 Å². The summed E-state index contributed by atoms with van der Waals surface area (Å²) in [7, 11) is 0. The van der Waals surface area contributed by atoms with Crippen LogP contribution >= 0.6 is 0 Å². The van der Waals surface area contributed by atoms with Crippen LogP contribution in [-0.2, 0) is 4.74 Å². The van der Waals surface area contributed by atoms with Gasteiger partial charge in [0.1, 0.15) is 6.61 Å². The maximum absolute atomic E-state index is 11.8. The molecule has 0 aromatic carbocycles. The maximum Gasteiger partial charge on any atom is 0.411 e. The van der Waals surface area contributed by atoms with Gasteiger partial charge in [0.25, 0.3) is 0 Å². The van der Waals surface area contributed by atoms with Gasteiger partial charge >= 0.3 is 6.18 Å². The Hall–Kier alpha value is -0.330. The van der Waals surface area contributed by atoms with Crippen molar-refractivity contribution >= 4 is 0 Å². The topological polar surface area (TPSA) is 38.5 Å². The van der Waals surface area contributed by atoms with Crippen molar-refractivity contribution in [2.24, 2.45) is 11.7 Å². The molecule has 102 valence electrons. The van der Waals surface area contributed by atoms with Gasteiger partial charge in [-0.3, -0.25) is 0 Å². The van der Waals surface area contributed by atoms with Crippen LogP contribution in [0, 0.1) is 5.92 Å². The first kappa shape index (κ1) is 14.7. The van der Waals surface area contributed by atoms with E-state index < -0.39 is 12.8 Å². The van der Waals surface area contributed by atoms with Crippen molar-refractivity contribution in [2.45, 2.75) is 32.0 Å². The predicted octanol–water partition coefficient (Wildman–Crippen LogP) is 1.62. The van der Waals surface area contributed by atoms with E-state index in [4.69, 9.17) is 5.73 Å². The number of hydrogen-bond donors (Lipinski definition) is 1. The zero-order valence-electron chi connectivity index (χ0n) is 10.2. The molecule has 17 heavy (non-hydrogen) atoms. The molecule has 2 N–H and O–H groups in total. The van der Waals surface area contributed by atoms with Crippen molar-refractivity contribution in [2.75, 3.05) is 32.8 Å². The summed E-state index contributed by atoms with van der Waals surface area (Å²) in [5.41, 5.74) is 5.93. The molecule has 0 aromatic heterocycles. The van der Waals surface area contributed by atoms with Gasteiger partial charge in [-0.15, -0.1) is 0 Å². The summed E-state index contributed by atoms with van der Waals surface area (Å²) >= 11 is 0. The lowest BCUT2D eigenvalue weighted by molar-refractivity contribution is -0.174. The molecule has 0 spiro atoms. The van der Waals surface area contributed by atoms with Crippen molar-refractivity contribution < 1.29 is 17.9 Å². The van der Waals surface area contributed by atoms with Crippen LogP contribution in [0.5, 0.6) is 0 Å². The summed E-state index contributed by atoms with van der Waals surface area (Å²) in [5, 5.41) is 0. The minimum atomic E-state index is -4.22. The highest BCUT2D eigenvalue weighted by Crippen LogP contribution is 2.16. The smallest absolute Gasteiger partial charge is 0.372 e. The van der Waals surface area contributed by atoms with Crippen LogP contribution in [0.1, 0.15) is 19.8 Å². The number of halogens is 3. The number of nitrogens with two attached hydrogens (primary N) is 1. The molecule has 1 aliphatic heterocycles. The lowest BCUT2D eigenvalue weighted by atomic mass is 9.94. The van der Waals surface area contributed by atoms with Gasteiger partial charge in [0.2, 0.25) is 0 Å². The number of ether oxygens (including phenoxy) is 1. The zero-order valence-corrected chi connectivity index (χ0v) is 10.2. The third kappa shape index (κ3) is 6.24. The number of likely N-dealkylation sites (tertiary alicyclic amines) is 1. The molecule has 1 fully saturated rings. The summed E-state index contributed by atoms with van der Waals surface area (Å²) in [5.74, 6) is 0.535. The van der Waals surface area contributed by atoms with Crippen molar-refractivity contribution in [1.29, 1.82) is 0 Å². The average Bonchev–Trinajstić information content (AvgIpc) is 2.21. The second-order valence-corrected chi connectivity index (χ2v) is 4.75. The molecular formula is C11H21F3N2O. The van der Waals surface area contributed by atoms with E-state index in [1.54, 1.807) is 0 Å². The first-order chi connectivity index (χ1) is 7.88. The van der Waals surface area contributed by atoms with Crippen LogP contribution in [0.4, 0.5) is 13.2 Å². The van der Waals surface area contributed by atoms with E-state index in [-0.39, 0.29) is 12.6 Å². The van der Waals surface area contributed by atoms with Gasteiger partial charge in [0, 0.05) is 25.7 Å². The van der Waals surface area contributed by atoms with Crippen molar-refractivity contribution in [3.05, 3.63) is 0 Å². The molecule has 3 nitrogen and oxygen atoms in total. The van der Waals surface area contributed by atoms with Gasteiger partial charge < -0.3 is 15.4 Å². The van der Waals surface area contributed by atoms with Crippen LogP contribution in [-0.4, -0.2) is 50.0 Å². The molecule has 2 unspecified atom stereocenters. The lowest BCUT2D eigenvalue weighted by Crippen LogP contribution is -2.47. The molecule has 0 bridgehead atoms. The Kier molecular flexibility index (Phi) is 5.69. The molecule has 2 atom stereocenters. The fourth-order valence-electron chi connectivity index (χ4n) is 1.95. The van der Waals surface area contributed by atoms with E-state index in [2.05, 4.69) is 16.6 Å². The zero-order chi connectivity index (χ0) is 12.9. The Balaban J connectivity index is 2.04. The fourth-order valence-corrected chi connectivity index (χ4v) is 1.95. The Morgan fingerprint density at radius 3 is 2.71 bits per heavy atom. The molecule has 0 radical (unpaired) electrons. The van der Waals surface area contributed by atoms with Crippen LogP contribution in [0.25, 0.3) is 0 Å². The number of rotatable bonds is 5. The van der Waals surface area contributed by atoms with E-state index in [9.17, 15) is 13.2 Å². The number of nitrogens with zero attached hydrogens (tertiary/aromatic N) is 1. The SMILES string of the molecule is CC1CCN(CCCOCC(F)(F)F)CC1N. The highest BCUT2D eigenvalue weighted by atomic mass is 19.4. The quantitative estimate of drug-likeness (QED) is 0.758. The summed E-state index contributed by atoms with van der Waals surface area (Å²) in [6.07, 6.45) is -2.54. The van der Waals surface area contributed by atoms with Gasteiger partial charge in [-0.25, -0.2) is 0 Å². The maximum atomic E-state index is 11.8. The highest BCUT2D eigenvalue weighted by molar-refractivity contribution is 4.80. The van der Waals surface area contributed by atoms with E-state index in [0.29, 0.717) is 12.3 Å². The third-order valence-corrected chi connectivity index (χ3v) is 3.13. The van der Waals surface area contributed by atoms with Crippen LogP contribution in [0.3, 0.4) is 0 Å². The summed E-state index contributed by atoms with van der Waals surface area (Å²) in [6, 6.07) is 0.180. The predicted molar refractivity (Wildman–Crippen MR) is 59.7 cm³/mol. The fraction of sp³-hybridized carbons (Fsp3) is 1.00. The van der Waals surface area contributed by atoms with Gasteiger partial charge in [0.05, 0.1) is 0 Å². The molecule has 0 saturated carbocycles. The van der Waals surface area contributed by atoms with Gasteiger partial charge in [-0.2, -0.15) is 13.2 Å². The minimum absolute atomic E-state index is 0.154. The molecule has 1 rings (SSSR count). The second-order valence-electron chi connectivity index (χ2n) is 4.75. The van der Waals surface area contributed by atoms with Gasteiger partial charge in [0.15, 0.2) is 0 Å². The largest absolute Gasteiger partial charge is 0.411 e. The Morgan fingerprint density at radius 2 is 2.12 bits per heavy atom. The molecular weight excluding hydrogens is 233 g/mol. The standard InChI is InChI=1S/C11H21F3N2O/c1-9-3-5-16(7-10(9)15)4-2-6-17-8-11(12,13)14/h9-10H,2-8,15H2,1H3. The first-order valence-corrected chi connectivity index (χ1v) is 6.01. The van der Waals surface area contributed by atoms with Crippen molar-refractivity contribution in [3.8, 4) is 0 Å². The monoisotopic (exact) mass is 254 g/mol. The van der Waals surface area contributed by atoms with E-state index in [1.165, 1.54) is 0 Å². The summed E-state index contributed by atoms with van der Waals surface area (Å²) in [4.78, 5) is 2.20. The normalized spacial score (nSPS) is 27.4. The van der Waals surface area contributed by atoms with E-state index in [1.807, 2.05) is 0 Å². The van der Waals surface area contributed by atoms with E-state index in [0.717, 1.165) is 26.1 Å². The summed E-state index contributed by atoms with van der Waals surface area (Å²) in [6.45, 7) is 3.71. The van der Waals surface area contributed by atoms with Gasteiger partial charge in [-0.05, 0) is 25.3 Å². The Morgan fingerprint density at radius 1 is 1.41 bits per heavy atom. The Bertz CT molecular complexity index is 223. The summed E-state index contributed by atoms with van der Waals surface area (Å²) < 4.78 is 39.9. The molecule has 1 heterocycles. The average molecular weight is 254 g/mol. The van der Waals surface area contributed by atoms with Crippen LogP contribution in [0.15, 0.2) is 0 Å². The molecule has 1 saturated heterocycles. The number of hydrogen-bond acceptors (Lipinski definition) is 3. The Labute approximate surface area is 100 Å². The van der Waals surface area contributed by atoms with Gasteiger partial charge in [-0.1, -0.05) is 6.92 Å². The second kappa shape index (κ2) is 6.56. The molecule has 6 heteroatoms. The minimum Gasteiger partial charge on any atom is -0.372 e. The molecule has 0 aliphatic carbocycles.